The quantitative estimate of drug-likeness (QED) is 0.176. The normalized spacial score (nSPS) is 13.7. The Morgan fingerprint density at radius 2 is 0.962 bits per heavy atom. The largest absolute Gasteiger partial charge is 0.310 e. The van der Waals surface area contributed by atoms with Gasteiger partial charge in [0.15, 0.2) is 0 Å². The van der Waals surface area contributed by atoms with E-state index >= 15 is 0 Å². The van der Waals surface area contributed by atoms with Gasteiger partial charge in [0, 0.05) is 38.9 Å². The zero-order valence-electron chi connectivity index (χ0n) is 29.3. The van der Waals surface area contributed by atoms with Gasteiger partial charge in [-0.2, -0.15) is 0 Å². The summed E-state index contributed by atoms with van der Waals surface area (Å²) in [5, 5.41) is 2.51. The standard InChI is InChI=1S/C51H36N2/c1-3-13-35(14-4-1)36-23-25-40(26-24-36)52(42-28-30-46-45-20-10-12-22-49(45)53(50(46)32-42)39-17-5-2-6-18-39)41-27-29-44-43-19-9-11-21-47(43)51(48(44)31-41)33-37-15-7-8-16-38(37)34-51/h1-32H,33-34H2. The van der Waals surface area contributed by atoms with Crippen LogP contribution in [0.3, 0.4) is 0 Å². The van der Waals surface area contributed by atoms with E-state index in [1.54, 1.807) is 0 Å². The van der Waals surface area contributed by atoms with Crippen LogP contribution < -0.4 is 4.90 Å². The molecule has 2 aliphatic rings. The van der Waals surface area contributed by atoms with E-state index in [0.29, 0.717) is 0 Å². The lowest BCUT2D eigenvalue weighted by molar-refractivity contribution is 0.563. The van der Waals surface area contributed by atoms with Crippen LogP contribution in [0.15, 0.2) is 194 Å². The molecule has 11 rings (SSSR count). The van der Waals surface area contributed by atoms with Crippen molar-refractivity contribution in [1.82, 2.24) is 4.57 Å². The van der Waals surface area contributed by atoms with Crippen LogP contribution in [-0.2, 0) is 18.3 Å². The highest BCUT2D eigenvalue weighted by atomic mass is 15.1. The van der Waals surface area contributed by atoms with Crippen LogP contribution in [-0.4, -0.2) is 4.57 Å². The molecule has 0 saturated carbocycles. The molecule has 2 aliphatic carbocycles. The van der Waals surface area contributed by atoms with Crippen molar-refractivity contribution in [1.29, 1.82) is 0 Å². The maximum atomic E-state index is 2.50. The molecule has 0 amide bonds. The zero-order chi connectivity index (χ0) is 34.9. The van der Waals surface area contributed by atoms with Crippen molar-refractivity contribution < 1.29 is 0 Å². The second-order valence-electron chi connectivity index (χ2n) is 14.6. The first-order chi connectivity index (χ1) is 26.2. The third kappa shape index (κ3) is 4.59. The molecule has 9 aromatic rings. The molecule has 250 valence electrons. The van der Waals surface area contributed by atoms with Gasteiger partial charge in [-0.25, -0.2) is 0 Å². The van der Waals surface area contributed by atoms with Crippen LogP contribution >= 0.6 is 0 Å². The number of fused-ring (bicyclic) bond motifs is 9. The molecular weight excluding hydrogens is 641 g/mol. The molecule has 1 aromatic heterocycles. The molecule has 8 aromatic carbocycles. The molecule has 0 saturated heterocycles. The van der Waals surface area contributed by atoms with E-state index in [9.17, 15) is 0 Å². The van der Waals surface area contributed by atoms with Crippen LogP contribution in [0.1, 0.15) is 22.3 Å². The Bertz CT molecular complexity index is 2800. The molecule has 1 heterocycles. The summed E-state index contributed by atoms with van der Waals surface area (Å²) in [5.74, 6) is 0. The Balaban J connectivity index is 1.13. The molecule has 2 nitrogen and oxygen atoms in total. The maximum Gasteiger partial charge on any atom is 0.0561 e. The predicted octanol–water partition coefficient (Wildman–Crippen LogP) is 13.0. The van der Waals surface area contributed by atoms with Gasteiger partial charge in [-0.15, -0.1) is 0 Å². The molecular formula is C51H36N2. The van der Waals surface area contributed by atoms with Crippen molar-refractivity contribution in [3.63, 3.8) is 0 Å². The minimum Gasteiger partial charge on any atom is -0.310 e. The van der Waals surface area contributed by atoms with E-state index in [4.69, 9.17) is 0 Å². The summed E-state index contributed by atoms with van der Waals surface area (Å²) in [6.45, 7) is 0. The SMILES string of the molecule is c1ccc(-c2ccc(N(c3ccc4c(c3)C3(Cc5ccccc5C3)c3ccccc3-4)c3ccc4c5ccccc5n(-c5ccccc5)c4c3)cc2)cc1. The molecule has 0 aliphatic heterocycles. The fourth-order valence-corrected chi connectivity index (χ4v) is 9.41. The number of aromatic nitrogens is 1. The molecule has 0 fully saturated rings. The lowest BCUT2D eigenvalue weighted by Crippen LogP contribution is -2.26. The predicted molar refractivity (Wildman–Crippen MR) is 221 cm³/mol. The Morgan fingerprint density at radius 3 is 1.75 bits per heavy atom. The number of benzene rings is 8. The molecule has 0 N–H and O–H groups in total. The van der Waals surface area contributed by atoms with E-state index in [1.807, 2.05) is 0 Å². The maximum absolute atomic E-state index is 2.50. The molecule has 0 bridgehead atoms. The monoisotopic (exact) mass is 676 g/mol. The highest BCUT2D eigenvalue weighted by molar-refractivity contribution is 6.10. The number of anilines is 3. The van der Waals surface area contributed by atoms with Crippen molar-refractivity contribution in [3.05, 3.63) is 216 Å². The van der Waals surface area contributed by atoms with Gasteiger partial charge in [-0.05, 0) is 112 Å². The molecule has 53 heavy (non-hydrogen) atoms. The lowest BCUT2D eigenvalue weighted by atomic mass is 9.75. The highest BCUT2D eigenvalue weighted by Crippen LogP contribution is 2.56. The fraction of sp³-hybridized carbons (Fsp3) is 0.0588. The lowest BCUT2D eigenvalue weighted by Gasteiger charge is -2.30. The minimum absolute atomic E-state index is 0.0852. The van der Waals surface area contributed by atoms with E-state index in [0.717, 1.165) is 29.9 Å². The van der Waals surface area contributed by atoms with Crippen LogP contribution in [0.5, 0.6) is 0 Å². The van der Waals surface area contributed by atoms with E-state index < -0.39 is 0 Å². The number of hydrogen-bond donors (Lipinski definition) is 0. The van der Waals surface area contributed by atoms with Gasteiger partial charge in [0.1, 0.15) is 0 Å². The number of nitrogens with zero attached hydrogens (tertiary/aromatic N) is 2. The topological polar surface area (TPSA) is 8.17 Å². The summed E-state index contributed by atoms with van der Waals surface area (Å²) in [6, 6.07) is 71.6. The van der Waals surface area contributed by atoms with E-state index in [2.05, 4.69) is 204 Å². The molecule has 0 radical (unpaired) electrons. The highest BCUT2D eigenvalue weighted by Gasteiger charge is 2.47. The third-order valence-corrected chi connectivity index (χ3v) is 11.8. The molecule has 0 atom stereocenters. The van der Waals surface area contributed by atoms with Gasteiger partial charge >= 0.3 is 0 Å². The zero-order valence-corrected chi connectivity index (χ0v) is 29.3. The Morgan fingerprint density at radius 1 is 0.396 bits per heavy atom. The Kier molecular flexibility index (Phi) is 6.63. The second-order valence-corrected chi connectivity index (χ2v) is 14.6. The van der Waals surface area contributed by atoms with E-state index in [1.165, 1.54) is 72.0 Å². The summed E-state index contributed by atoms with van der Waals surface area (Å²) in [5.41, 5.74) is 17.9. The van der Waals surface area contributed by atoms with Crippen molar-refractivity contribution in [2.45, 2.75) is 18.3 Å². The first-order valence-corrected chi connectivity index (χ1v) is 18.6. The summed E-state index contributed by atoms with van der Waals surface area (Å²) >= 11 is 0. The van der Waals surface area contributed by atoms with Crippen molar-refractivity contribution >= 4 is 38.9 Å². The van der Waals surface area contributed by atoms with Crippen molar-refractivity contribution in [2.24, 2.45) is 0 Å². The van der Waals surface area contributed by atoms with Gasteiger partial charge in [0.05, 0.1) is 11.0 Å². The van der Waals surface area contributed by atoms with Crippen molar-refractivity contribution in [3.8, 4) is 27.9 Å². The number of hydrogen-bond acceptors (Lipinski definition) is 1. The fourth-order valence-electron chi connectivity index (χ4n) is 9.41. The van der Waals surface area contributed by atoms with E-state index in [-0.39, 0.29) is 5.41 Å². The van der Waals surface area contributed by atoms with Crippen LogP contribution in [0.2, 0.25) is 0 Å². The molecule has 0 unspecified atom stereocenters. The summed E-state index contributed by atoms with van der Waals surface area (Å²) in [7, 11) is 0. The third-order valence-electron chi connectivity index (χ3n) is 11.8. The number of para-hydroxylation sites is 2. The number of rotatable bonds is 5. The smallest absolute Gasteiger partial charge is 0.0561 e. The van der Waals surface area contributed by atoms with Crippen LogP contribution in [0.4, 0.5) is 17.1 Å². The summed E-state index contributed by atoms with van der Waals surface area (Å²) < 4.78 is 2.41. The van der Waals surface area contributed by atoms with Crippen molar-refractivity contribution in [2.75, 3.05) is 4.90 Å². The molecule has 1 spiro atoms. The Labute approximate surface area is 309 Å². The van der Waals surface area contributed by atoms with Gasteiger partial charge < -0.3 is 9.47 Å². The second kappa shape index (κ2) is 11.7. The average Bonchev–Trinajstić information content (AvgIpc) is 3.87. The van der Waals surface area contributed by atoms with Gasteiger partial charge in [0.25, 0.3) is 0 Å². The first-order valence-electron chi connectivity index (χ1n) is 18.6. The van der Waals surface area contributed by atoms with Crippen LogP contribution in [0, 0.1) is 0 Å². The Hall–Kier alpha value is -6.64. The molecule has 2 heteroatoms. The average molecular weight is 677 g/mol. The summed E-state index contributed by atoms with van der Waals surface area (Å²) in [4.78, 5) is 2.46. The van der Waals surface area contributed by atoms with Gasteiger partial charge in [0.2, 0.25) is 0 Å². The van der Waals surface area contributed by atoms with Gasteiger partial charge in [-0.1, -0.05) is 140 Å². The van der Waals surface area contributed by atoms with Crippen LogP contribution in [0.25, 0.3) is 49.7 Å². The van der Waals surface area contributed by atoms with Gasteiger partial charge in [-0.3, -0.25) is 0 Å². The first kappa shape index (κ1) is 30.0. The minimum atomic E-state index is -0.0852. The summed E-state index contributed by atoms with van der Waals surface area (Å²) in [6.07, 6.45) is 2.04.